The fourth-order valence-corrected chi connectivity index (χ4v) is 4.38. The molecule has 9 nitrogen and oxygen atoms in total. The van der Waals surface area contributed by atoms with Gasteiger partial charge in [-0.05, 0) is 53.7 Å². The largest absolute Gasteiger partial charge is 0.497 e. The van der Waals surface area contributed by atoms with Crippen LogP contribution in [0.25, 0.3) is 16.7 Å². The van der Waals surface area contributed by atoms with Crippen molar-refractivity contribution < 1.29 is 14.5 Å². The summed E-state index contributed by atoms with van der Waals surface area (Å²) in [6, 6.07) is 10.3. The third kappa shape index (κ3) is 3.85. The van der Waals surface area contributed by atoms with Crippen LogP contribution < -0.4 is 15.4 Å². The smallest absolute Gasteiger partial charge is 0.425 e. The monoisotopic (exact) mass is 435 g/mol. The zero-order chi connectivity index (χ0) is 22.1. The Morgan fingerprint density at radius 1 is 1.22 bits per heavy atom. The molecule has 9 heteroatoms. The van der Waals surface area contributed by atoms with Crippen molar-refractivity contribution in [1.82, 2.24) is 24.1 Å². The number of hydrogen-bond donors (Lipinski definition) is 0. The van der Waals surface area contributed by atoms with E-state index in [0.29, 0.717) is 23.9 Å². The van der Waals surface area contributed by atoms with Crippen LogP contribution in [0.3, 0.4) is 0 Å². The summed E-state index contributed by atoms with van der Waals surface area (Å²) < 4.78 is 13.8. The highest BCUT2D eigenvalue weighted by Gasteiger charge is 2.22. The summed E-state index contributed by atoms with van der Waals surface area (Å²) in [5.41, 5.74) is 3.13. The fourth-order valence-electron chi connectivity index (χ4n) is 4.38. The summed E-state index contributed by atoms with van der Waals surface area (Å²) in [5, 5.41) is 5.09. The Morgan fingerprint density at radius 2 is 2.00 bits per heavy atom. The molecule has 0 unspecified atom stereocenters. The summed E-state index contributed by atoms with van der Waals surface area (Å²) in [4.78, 5) is 23.3. The van der Waals surface area contributed by atoms with Gasteiger partial charge in [-0.1, -0.05) is 12.1 Å². The predicted molar refractivity (Wildman–Crippen MR) is 119 cm³/mol. The molecular formula is C23H27N6O3+. The Bertz CT molecular complexity index is 1290. The molecule has 1 aromatic carbocycles. The van der Waals surface area contributed by atoms with Gasteiger partial charge >= 0.3 is 5.69 Å². The zero-order valence-electron chi connectivity index (χ0n) is 18.3. The van der Waals surface area contributed by atoms with E-state index in [-0.39, 0.29) is 5.69 Å². The minimum absolute atomic E-state index is 0.232. The molecule has 0 saturated carbocycles. The van der Waals surface area contributed by atoms with E-state index >= 15 is 0 Å². The van der Waals surface area contributed by atoms with Crippen LogP contribution in [0.1, 0.15) is 24.0 Å². The van der Waals surface area contributed by atoms with Gasteiger partial charge in [-0.2, -0.15) is 0 Å². The molecule has 4 aromatic rings. The van der Waals surface area contributed by atoms with E-state index in [1.807, 2.05) is 30.5 Å². The van der Waals surface area contributed by atoms with Gasteiger partial charge < -0.3 is 9.47 Å². The minimum atomic E-state index is -0.232. The van der Waals surface area contributed by atoms with E-state index in [4.69, 9.17) is 14.5 Å². The molecule has 0 aliphatic carbocycles. The average Bonchev–Trinajstić information content (AvgIpc) is 3.33. The number of methoxy groups -OCH3 is 1. The highest BCUT2D eigenvalue weighted by Crippen LogP contribution is 2.20. The lowest BCUT2D eigenvalue weighted by molar-refractivity contribution is -0.345. The number of hydrogen-bond acceptors (Lipinski definition) is 6. The Balaban J connectivity index is 1.53. The molecule has 0 spiro atoms. The van der Waals surface area contributed by atoms with Gasteiger partial charge in [-0.15, -0.1) is 0 Å². The first kappa shape index (κ1) is 20.6. The molecule has 1 N–H and O–H groups in total. The van der Waals surface area contributed by atoms with Gasteiger partial charge in [-0.25, -0.2) is 14.8 Å². The molecule has 5 rings (SSSR count). The van der Waals surface area contributed by atoms with Crippen LogP contribution in [0.5, 0.6) is 5.75 Å². The Morgan fingerprint density at radius 3 is 2.75 bits per heavy atom. The van der Waals surface area contributed by atoms with Crippen molar-refractivity contribution >= 4 is 16.7 Å². The highest BCUT2D eigenvalue weighted by molar-refractivity contribution is 5.87. The standard InChI is InChI=1S/C23H26N6O3/c1-27(18-7-9-32-10-8-18)13-17-11-20-21(24-12-17)28(23(30)29-22(20)25-15-26-29)14-16-3-5-19(31-2)6-4-16/h3-6,11-12,15,18H,7-10,13-14H2,1-2H3/p+1. The number of benzene rings is 1. The van der Waals surface area contributed by atoms with Gasteiger partial charge in [0.05, 0.1) is 19.0 Å². The first-order chi connectivity index (χ1) is 15.6. The number of aromatic amines is 1. The molecule has 1 fully saturated rings. The highest BCUT2D eigenvalue weighted by atomic mass is 16.5. The molecular weight excluding hydrogens is 408 g/mol. The molecule has 0 atom stereocenters. The maximum atomic E-state index is 13.2. The van der Waals surface area contributed by atoms with Gasteiger partial charge in [0, 0.05) is 37.1 Å². The third-order valence-corrected chi connectivity index (χ3v) is 6.18. The van der Waals surface area contributed by atoms with Crippen molar-refractivity contribution in [2.24, 2.45) is 0 Å². The van der Waals surface area contributed by atoms with Crippen molar-refractivity contribution in [2.75, 3.05) is 27.4 Å². The van der Waals surface area contributed by atoms with Gasteiger partial charge in [0.15, 0.2) is 5.65 Å². The normalized spacial score (nSPS) is 15.1. The second-order valence-corrected chi connectivity index (χ2v) is 8.24. The molecule has 0 bridgehead atoms. The summed E-state index contributed by atoms with van der Waals surface area (Å²) in [6.45, 7) is 2.80. The molecule has 1 saturated heterocycles. The van der Waals surface area contributed by atoms with Gasteiger partial charge in [-0.3, -0.25) is 9.47 Å². The lowest BCUT2D eigenvalue weighted by Gasteiger charge is -2.31. The first-order valence-corrected chi connectivity index (χ1v) is 10.8. The SMILES string of the molecule is COc1ccc(Cn2c(=O)n3nc[nH+]c3c3cc(CN(C)C4CCOCC4)cnc32)cc1. The topological polar surface area (TPSA) is 88.0 Å². The predicted octanol–water partition coefficient (Wildman–Crippen LogP) is 1.53. The Labute approximate surface area is 185 Å². The third-order valence-electron chi connectivity index (χ3n) is 6.18. The maximum Gasteiger partial charge on any atom is 0.425 e. The van der Waals surface area contributed by atoms with Crippen molar-refractivity contribution in [3.8, 4) is 5.75 Å². The summed E-state index contributed by atoms with van der Waals surface area (Å²) in [7, 11) is 3.78. The molecule has 0 radical (unpaired) electrons. The number of rotatable bonds is 6. The summed E-state index contributed by atoms with van der Waals surface area (Å²) in [6.07, 6.45) is 5.49. The van der Waals surface area contributed by atoms with Gasteiger partial charge in [0.1, 0.15) is 5.75 Å². The zero-order valence-corrected chi connectivity index (χ0v) is 18.3. The number of nitrogens with zero attached hydrogens (tertiary/aromatic N) is 5. The number of H-pyrrole nitrogens is 1. The van der Waals surface area contributed by atoms with Crippen molar-refractivity contribution in [3.63, 3.8) is 0 Å². The number of pyridine rings is 1. The fraction of sp³-hybridized carbons (Fsp3) is 0.391. The molecule has 166 valence electrons. The molecule has 1 aliphatic rings. The van der Waals surface area contributed by atoms with E-state index in [1.165, 1.54) is 10.8 Å². The summed E-state index contributed by atoms with van der Waals surface area (Å²) >= 11 is 0. The van der Waals surface area contributed by atoms with Crippen LogP contribution in [0, 0.1) is 0 Å². The second-order valence-electron chi connectivity index (χ2n) is 8.24. The average molecular weight is 436 g/mol. The van der Waals surface area contributed by atoms with E-state index in [2.05, 4.69) is 28.1 Å². The lowest BCUT2D eigenvalue weighted by Crippen LogP contribution is -2.36. The molecule has 3 aromatic heterocycles. The molecule has 4 heterocycles. The van der Waals surface area contributed by atoms with Crippen molar-refractivity contribution in [3.05, 3.63) is 64.5 Å². The Hall–Kier alpha value is -3.30. The summed E-state index contributed by atoms with van der Waals surface area (Å²) in [5.74, 6) is 0.777. The van der Waals surface area contributed by atoms with E-state index in [1.54, 1.807) is 11.7 Å². The number of ether oxygens (including phenoxy) is 2. The van der Waals surface area contributed by atoms with Gasteiger partial charge in [0.2, 0.25) is 0 Å². The molecule has 32 heavy (non-hydrogen) atoms. The van der Waals surface area contributed by atoms with Crippen molar-refractivity contribution in [2.45, 2.75) is 32.0 Å². The minimum Gasteiger partial charge on any atom is -0.497 e. The molecule has 1 aliphatic heterocycles. The number of aromatic nitrogens is 5. The van der Waals surface area contributed by atoms with Crippen LogP contribution >= 0.6 is 0 Å². The lowest BCUT2D eigenvalue weighted by atomic mass is 10.1. The first-order valence-electron chi connectivity index (χ1n) is 10.8. The number of nitrogens with one attached hydrogen (secondary N) is 1. The van der Waals surface area contributed by atoms with E-state index < -0.39 is 0 Å². The maximum absolute atomic E-state index is 13.2. The Kier molecular flexibility index (Phi) is 5.59. The van der Waals surface area contributed by atoms with Crippen molar-refractivity contribution in [1.29, 1.82) is 0 Å². The van der Waals surface area contributed by atoms with Crippen LogP contribution in [0.15, 0.2) is 47.7 Å². The van der Waals surface area contributed by atoms with Crippen LogP contribution in [-0.2, 0) is 17.8 Å². The number of fused-ring (bicyclic) bond motifs is 3. The van der Waals surface area contributed by atoms with Gasteiger partial charge in [0.25, 0.3) is 12.0 Å². The van der Waals surface area contributed by atoms with E-state index in [0.717, 1.165) is 54.9 Å². The molecule has 0 amide bonds. The second kappa shape index (κ2) is 8.68. The van der Waals surface area contributed by atoms with Crippen LogP contribution in [0.4, 0.5) is 0 Å². The van der Waals surface area contributed by atoms with E-state index in [9.17, 15) is 4.79 Å². The quantitative estimate of drug-likeness (QED) is 0.456. The van der Waals surface area contributed by atoms with Crippen LogP contribution in [-0.4, -0.2) is 57.5 Å². The van der Waals surface area contributed by atoms with Crippen LogP contribution in [0.2, 0.25) is 0 Å².